The highest BCUT2D eigenvalue weighted by Crippen LogP contribution is 2.28. The lowest BCUT2D eigenvalue weighted by molar-refractivity contribution is -0.140. The molecule has 1 aliphatic carbocycles. The fraction of sp³-hybridized carbons (Fsp3) is 0.850. The maximum absolute atomic E-state index is 11.4. The zero-order valence-electron chi connectivity index (χ0n) is 14.6. The first-order chi connectivity index (χ1) is 10.8. The number of hydrogen-bond donors (Lipinski definition) is 1. The van der Waals surface area contributed by atoms with Gasteiger partial charge in [0, 0.05) is 0 Å². The van der Waals surface area contributed by atoms with Crippen molar-refractivity contribution in [3.63, 3.8) is 0 Å². The Hall–Kier alpha value is -0.790. The Labute approximate surface area is 137 Å². The molecular formula is C20H36O2. The highest BCUT2D eigenvalue weighted by atomic mass is 16.4. The standard InChI is InChI=1S/C20H36O2/c1-2-3-4-5-6-7-8-9-10-14-17-19(20(21)22)18-15-12-11-13-16-18/h15,19H,2-14,16-17H2,1H3,(H,21,22). The predicted molar refractivity (Wildman–Crippen MR) is 94.1 cm³/mol. The number of hydrogen-bond acceptors (Lipinski definition) is 1. The van der Waals surface area contributed by atoms with Crippen LogP contribution in [0.5, 0.6) is 0 Å². The van der Waals surface area contributed by atoms with Crippen LogP contribution in [0.4, 0.5) is 0 Å². The molecule has 1 rings (SSSR count). The Morgan fingerprint density at radius 3 is 2.09 bits per heavy atom. The van der Waals surface area contributed by atoms with Gasteiger partial charge in [0.25, 0.3) is 0 Å². The second kappa shape index (κ2) is 12.7. The van der Waals surface area contributed by atoms with Crippen molar-refractivity contribution < 1.29 is 9.90 Å². The number of rotatable bonds is 13. The Bertz CT molecular complexity index is 320. The molecule has 0 radical (unpaired) electrons. The lowest BCUT2D eigenvalue weighted by Crippen LogP contribution is -2.17. The van der Waals surface area contributed by atoms with E-state index in [1.165, 1.54) is 76.2 Å². The second-order valence-corrected chi connectivity index (χ2v) is 6.89. The van der Waals surface area contributed by atoms with Crippen LogP contribution in [-0.4, -0.2) is 11.1 Å². The van der Waals surface area contributed by atoms with Crippen LogP contribution in [0.15, 0.2) is 11.6 Å². The monoisotopic (exact) mass is 308 g/mol. The highest BCUT2D eigenvalue weighted by molar-refractivity contribution is 5.73. The van der Waals surface area contributed by atoms with Crippen molar-refractivity contribution in [2.24, 2.45) is 5.92 Å². The van der Waals surface area contributed by atoms with Crippen LogP contribution in [0, 0.1) is 5.92 Å². The Kier molecular flexibility index (Phi) is 11.1. The van der Waals surface area contributed by atoms with Crippen LogP contribution >= 0.6 is 0 Å². The lowest BCUT2D eigenvalue weighted by atomic mass is 9.86. The molecule has 0 saturated carbocycles. The summed E-state index contributed by atoms with van der Waals surface area (Å²) < 4.78 is 0. The van der Waals surface area contributed by atoms with Crippen molar-refractivity contribution in [3.8, 4) is 0 Å². The number of carboxylic acids is 1. The molecule has 2 heteroatoms. The van der Waals surface area contributed by atoms with Gasteiger partial charge in [-0.3, -0.25) is 4.79 Å². The molecule has 0 heterocycles. The molecule has 0 saturated heterocycles. The summed E-state index contributed by atoms with van der Waals surface area (Å²) in [5.41, 5.74) is 1.20. The van der Waals surface area contributed by atoms with Gasteiger partial charge in [-0.15, -0.1) is 0 Å². The number of carboxylic acid groups (broad SMARTS) is 1. The van der Waals surface area contributed by atoms with Gasteiger partial charge in [0.1, 0.15) is 0 Å². The largest absolute Gasteiger partial charge is 0.481 e. The minimum atomic E-state index is -0.607. The van der Waals surface area contributed by atoms with Crippen LogP contribution in [0.25, 0.3) is 0 Å². The van der Waals surface area contributed by atoms with Crippen molar-refractivity contribution in [1.29, 1.82) is 0 Å². The summed E-state index contributed by atoms with van der Waals surface area (Å²) in [6.45, 7) is 2.26. The first-order valence-electron chi connectivity index (χ1n) is 9.67. The van der Waals surface area contributed by atoms with Gasteiger partial charge in [0.2, 0.25) is 0 Å². The SMILES string of the molecule is CCCCCCCCCCCCC(C(=O)O)C1=CCCCC1. The van der Waals surface area contributed by atoms with Gasteiger partial charge < -0.3 is 5.11 Å². The molecule has 0 aromatic rings. The Morgan fingerprint density at radius 1 is 1.00 bits per heavy atom. The summed E-state index contributed by atoms with van der Waals surface area (Å²) in [6, 6.07) is 0. The number of carbonyl (C=O) groups is 1. The van der Waals surface area contributed by atoms with Gasteiger partial charge in [-0.25, -0.2) is 0 Å². The lowest BCUT2D eigenvalue weighted by Gasteiger charge is -2.19. The fourth-order valence-electron chi connectivity index (χ4n) is 3.48. The molecule has 22 heavy (non-hydrogen) atoms. The van der Waals surface area contributed by atoms with E-state index >= 15 is 0 Å². The summed E-state index contributed by atoms with van der Waals surface area (Å²) in [5, 5.41) is 9.43. The quantitative estimate of drug-likeness (QED) is 0.311. The molecule has 128 valence electrons. The number of aliphatic carboxylic acids is 1. The maximum Gasteiger partial charge on any atom is 0.310 e. The molecule has 0 bridgehead atoms. The fourth-order valence-corrected chi connectivity index (χ4v) is 3.48. The summed E-state index contributed by atoms with van der Waals surface area (Å²) in [4.78, 5) is 11.4. The van der Waals surface area contributed by atoms with Gasteiger partial charge in [0.05, 0.1) is 5.92 Å². The molecule has 2 nitrogen and oxygen atoms in total. The molecule has 0 fully saturated rings. The Balaban J connectivity index is 2.04. The van der Waals surface area contributed by atoms with E-state index in [0.29, 0.717) is 0 Å². The third kappa shape index (κ3) is 8.60. The molecule has 1 atom stereocenters. The highest BCUT2D eigenvalue weighted by Gasteiger charge is 2.22. The minimum absolute atomic E-state index is 0.200. The summed E-state index contributed by atoms with van der Waals surface area (Å²) in [6.07, 6.45) is 20.6. The van der Waals surface area contributed by atoms with Crippen LogP contribution in [0.2, 0.25) is 0 Å². The molecule has 0 amide bonds. The minimum Gasteiger partial charge on any atom is -0.481 e. The van der Waals surface area contributed by atoms with Crippen molar-refractivity contribution in [2.45, 2.75) is 103 Å². The van der Waals surface area contributed by atoms with E-state index in [9.17, 15) is 9.90 Å². The second-order valence-electron chi connectivity index (χ2n) is 6.89. The predicted octanol–water partition coefficient (Wildman–Crippen LogP) is 6.50. The molecule has 0 aliphatic heterocycles. The normalized spacial score (nSPS) is 16.3. The van der Waals surface area contributed by atoms with Crippen molar-refractivity contribution >= 4 is 5.97 Å². The third-order valence-electron chi connectivity index (χ3n) is 4.92. The van der Waals surface area contributed by atoms with Crippen LogP contribution < -0.4 is 0 Å². The Morgan fingerprint density at radius 2 is 1.59 bits per heavy atom. The summed E-state index contributed by atoms with van der Waals surface area (Å²) in [7, 11) is 0. The molecule has 0 spiro atoms. The van der Waals surface area contributed by atoms with Gasteiger partial charge in [-0.2, -0.15) is 0 Å². The average molecular weight is 309 g/mol. The topological polar surface area (TPSA) is 37.3 Å². The third-order valence-corrected chi connectivity index (χ3v) is 4.92. The van der Waals surface area contributed by atoms with Crippen molar-refractivity contribution in [2.75, 3.05) is 0 Å². The van der Waals surface area contributed by atoms with Crippen molar-refractivity contribution in [3.05, 3.63) is 11.6 Å². The van der Waals surface area contributed by atoms with Crippen LogP contribution in [-0.2, 0) is 4.79 Å². The number of allylic oxidation sites excluding steroid dienone is 1. The molecule has 1 unspecified atom stereocenters. The zero-order valence-corrected chi connectivity index (χ0v) is 14.6. The van der Waals surface area contributed by atoms with E-state index in [-0.39, 0.29) is 5.92 Å². The van der Waals surface area contributed by atoms with Gasteiger partial charge in [-0.1, -0.05) is 82.8 Å². The van der Waals surface area contributed by atoms with E-state index in [4.69, 9.17) is 0 Å². The summed E-state index contributed by atoms with van der Waals surface area (Å²) >= 11 is 0. The van der Waals surface area contributed by atoms with E-state index in [2.05, 4.69) is 13.0 Å². The molecule has 1 aliphatic rings. The average Bonchev–Trinajstić information content (AvgIpc) is 2.53. The molecule has 0 aromatic heterocycles. The van der Waals surface area contributed by atoms with E-state index in [0.717, 1.165) is 25.7 Å². The maximum atomic E-state index is 11.4. The van der Waals surface area contributed by atoms with E-state index in [1.54, 1.807) is 0 Å². The molecular weight excluding hydrogens is 272 g/mol. The zero-order chi connectivity index (χ0) is 16.0. The van der Waals surface area contributed by atoms with Crippen LogP contribution in [0.3, 0.4) is 0 Å². The summed E-state index contributed by atoms with van der Waals surface area (Å²) in [5.74, 6) is -0.807. The van der Waals surface area contributed by atoms with Crippen molar-refractivity contribution in [1.82, 2.24) is 0 Å². The van der Waals surface area contributed by atoms with Gasteiger partial charge >= 0.3 is 5.97 Å². The van der Waals surface area contributed by atoms with Gasteiger partial charge in [0.15, 0.2) is 0 Å². The first kappa shape index (κ1) is 19.3. The van der Waals surface area contributed by atoms with E-state index < -0.39 is 5.97 Å². The first-order valence-corrected chi connectivity index (χ1v) is 9.67. The molecule has 0 aromatic carbocycles. The smallest absolute Gasteiger partial charge is 0.310 e. The van der Waals surface area contributed by atoms with Crippen LogP contribution in [0.1, 0.15) is 103 Å². The molecule has 1 N–H and O–H groups in total. The van der Waals surface area contributed by atoms with Gasteiger partial charge in [-0.05, 0) is 32.1 Å². The van der Waals surface area contributed by atoms with E-state index in [1.807, 2.05) is 0 Å². The number of unbranched alkanes of at least 4 members (excludes halogenated alkanes) is 9.